The van der Waals surface area contributed by atoms with Crippen molar-refractivity contribution in [1.29, 1.82) is 0 Å². The topological polar surface area (TPSA) is 50.5 Å². The van der Waals surface area contributed by atoms with Crippen molar-refractivity contribution in [2.24, 2.45) is 9.98 Å². The molecule has 0 atom stereocenters. The van der Waals surface area contributed by atoms with Gasteiger partial charge in [0.1, 0.15) is 6.01 Å². The highest BCUT2D eigenvalue weighted by atomic mass is 14.8. The van der Waals surface area contributed by atoms with Crippen LogP contribution in [0.15, 0.2) is 59.0 Å². The fourth-order valence-corrected chi connectivity index (χ4v) is 0.980. The summed E-state index contributed by atoms with van der Waals surface area (Å²) >= 11 is 0. The van der Waals surface area contributed by atoms with E-state index in [9.17, 15) is 0 Å². The van der Waals surface area contributed by atoms with Crippen LogP contribution in [0.25, 0.3) is 0 Å². The Morgan fingerprint density at radius 2 is 1.40 bits per heavy atom. The molecule has 0 aromatic carbocycles. The van der Waals surface area contributed by atoms with Crippen molar-refractivity contribution < 1.29 is 0 Å². The van der Waals surface area contributed by atoms with Crippen molar-refractivity contribution in [1.82, 2.24) is 9.97 Å². The van der Waals surface area contributed by atoms with Gasteiger partial charge >= 0.3 is 0 Å². The van der Waals surface area contributed by atoms with Crippen LogP contribution < -0.4 is 0 Å². The second-order valence-electron chi connectivity index (χ2n) is 2.75. The third kappa shape index (κ3) is 2.83. The number of hydrogen-bond donors (Lipinski definition) is 0. The SMILES string of the molecule is C(=Nc1cccnc1)=Nc1cccnc1. The first-order valence-electron chi connectivity index (χ1n) is 4.42. The standard InChI is InChI=1S/C11H8N4/c1-3-10(7-12-5-1)14-9-15-11-4-2-6-13-8-11/h1-8H. The summed E-state index contributed by atoms with van der Waals surface area (Å²) in [6, 6.07) is 9.87. The van der Waals surface area contributed by atoms with Crippen LogP contribution in [0.2, 0.25) is 0 Å². The predicted molar refractivity (Wildman–Crippen MR) is 57.7 cm³/mol. The summed E-state index contributed by atoms with van der Waals surface area (Å²) in [5, 5.41) is 0. The zero-order chi connectivity index (χ0) is 10.3. The fraction of sp³-hybridized carbons (Fsp3) is 0. The number of aromatic nitrogens is 2. The van der Waals surface area contributed by atoms with E-state index in [1.165, 1.54) is 0 Å². The van der Waals surface area contributed by atoms with Gasteiger partial charge in [-0.2, -0.15) is 9.98 Å². The minimum Gasteiger partial charge on any atom is -0.262 e. The molecule has 0 unspecified atom stereocenters. The Morgan fingerprint density at radius 3 is 1.80 bits per heavy atom. The van der Waals surface area contributed by atoms with E-state index in [0.29, 0.717) is 0 Å². The van der Waals surface area contributed by atoms with Gasteiger partial charge in [-0.15, -0.1) is 0 Å². The summed E-state index contributed by atoms with van der Waals surface area (Å²) in [6.07, 6.45) is 6.67. The summed E-state index contributed by atoms with van der Waals surface area (Å²) in [4.78, 5) is 15.8. The smallest absolute Gasteiger partial charge is 0.101 e. The van der Waals surface area contributed by atoms with Gasteiger partial charge in [0.05, 0.1) is 23.8 Å². The molecule has 0 saturated heterocycles. The highest BCUT2D eigenvalue weighted by Crippen LogP contribution is 2.08. The minimum atomic E-state index is 0.727. The molecule has 0 spiro atoms. The number of rotatable bonds is 2. The number of hydrogen-bond acceptors (Lipinski definition) is 4. The molecule has 0 radical (unpaired) electrons. The maximum atomic E-state index is 3.99. The van der Waals surface area contributed by atoms with Crippen LogP contribution in [-0.4, -0.2) is 16.0 Å². The van der Waals surface area contributed by atoms with E-state index in [-0.39, 0.29) is 0 Å². The van der Waals surface area contributed by atoms with Crippen LogP contribution in [0.4, 0.5) is 11.4 Å². The highest BCUT2D eigenvalue weighted by Gasteiger charge is 1.84. The molecular formula is C11H8N4. The van der Waals surface area contributed by atoms with E-state index in [2.05, 4.69) is 26.0 Å². The van der Waals surface area contributed by atoms with Gasteiger partial charge in [0.2, 0.25) is 0 Å². The summed E-state index contributed by atoms with van der Waals surface area (Å²) in [5.41, 5.74) is 1.45. The maximum absolute atomic E-state index is 3.99. The lowest BCUT2D eigenvalue weighted by Crippen LogP contribution is -1.68. The Hall–Kier alpha value is -2.32. The first-order valence-corrected chi connectivity index (χ1v) is 4.42. The summed E-state index contributed by atoms with van der Waals surface area (Å²) < 4.78 is 0. The minimum absolute atomic E-state index is 0.727. The molecule has 0 amide bonds. The molecule has 0 aliphatic carbocycles. The molecule has 0 aliphatic rings. The van der Waals surface area contributed by atoms with Gasteiger partial charge in [-0.3, -0.25) is 9.97 Å². The fourth-order valence-electron chi connectivity index (χ4n) is 0.980. The molecule has 0 aliphatic heterocycles. The summed E-state index contributed by atoms with van der Waals surface area (Å²) in [7, 11) is 0. The van der Waals surface area contributed by atoms with Crippen molar-refractivity contribution in [3.63, 3.8) is 0 Å². The number of aliphatic imine (C=N–C) groups is 2. The van der Waals surface area contributed by atoms with Gasteiger partial charge in [-0.1, -0.05) is 0 Å². The Bertz CT molecular complexity index is 429. The summed E-state index contributed by atoms with van der Waals surface area (Å²) in [6.45, 7) is 0. The molecule has 0 saturated carbocycles. The molecule has 2 aromatic heterocycles. The second kappa shape index (κ2) is 4.79. The molecule has 72 valence electrons. The zero-order valence-corrected chi connectivity index (χ0v) is 7.91. The first-order chi connectivity index (χ1) is 7.45. The van der Waals surface area contributed by atoms with E-state index in [1.54, 1.807) is 24.8 Å². The molecule has 2 heterocycles. The third-order valence-corrected chi connectivity index (χ3v) is 1.65. The first kappa shape index (κ1) is 9.24. The molecule has 0 N–H and O–H groups in total. The van der Waals surface area contributed by atoms with Crippen molar-refractivity contribution in [3.8, 4) is 0 Å². The van der Waals surface area contributed by atoms with Crippen molar-refractivity contribution >= 4 is 17.4 Å². The normalized spacial score (nSPS) is 9.07. The molecular weight excluding hydrogens is 188 g/mol. The van der Waals surface area contributed by atoms with Gasteiger partial charge < -0.3 is 0 Å². The van der Waals surface area contributed by atoms with Crippen LogP contribution >= 0.6 is 0 Å². The van der Waals surface area contributed by atoms with Crippen LogP contribution in [0, 0.1) is 0 Å². The average molecular weight is 196 g/mol. The van der Waals surface area contributed by atoms with Crippen LogP contribution in [0.5, 0.6) is 0 Å². The lowest BCUT2D eigenvalue weighted by Gasteiger charge is -1.86. The van der Waals surface area contributed by atoms with Crippen LogP contribution in [-0.2, 0) is 0 Å². The van der Waals surface area contributed by atoms with E-state index < -0.39 is 0 Å². The van der Waals surface area contributed by atoms with Crippen molar-refractivity contribution in [2.45, 2.75) is 0 Å². The highest BCUT2D eigenvalue weighted by molar-refractivity contribution is 5.56. The quantitative estimate of drug-likeness (QED) is 0.693. The Labute approximate surface area is 87.1 Å². The molecule has 4 heteroatoms. The van der Waals surface area contributed by atoms with Gasteiger partial charge in [-0.05, 0) is 24.3 Å². The monoisotopic (exact) mass is 196 g/mol. The van der Waals surface area contributed by atoms with E-state index in [0.717, 1.165) is 11.4 Å². The lowest BCUT2D eigenvalue weighted by atomic mass is 10.4. The third-order valence-electron chi connectivity index (χ3n) is 1.65. The molecule has 2 rings (SSSR count). The Balaban J connectivity index is 2.16. The number of nitrogens with zero attached hydrogens (tertiary/aromatic N) is 4. The zero-order valence-electron chi connectivity index (χ0n) is 7.91. The van der Waals surface area contributed by atoms with Crippen LogP contribution in [0.1, 0.15) is 0 Å². The van der Waals surface area contributed by atoms with Crippen LogP contribution in [0.3, 0.4) is 0 Å². The maximum Gasteiger partial charge on any atom is 0.101 e. The molecule has 0 fully saturated rings. The Kier molecular flexibility index (Phi) is 2.95. The Morgan fingerprint density at radius 1 is 0.867 bits per heavy atom. The second-order valence-corrected chi connectivity index (χ2v) is 2.75. The largest absolute Gasteiger partial charge is 0.262 e. The van der Waals surface area contributed by atoms with Gasteiger partial charge in [-0.25, -0.2) is 0 Å². The molecule has 2 aromatic rings. The van der Waals surface area contributed by atoms with Gasteiger partial charge in [0.15, 0.2) is 0 Å². The lowest BCUT2D eigenvalue weighted by molar-refractivity contribution is 1.30. The molecule has 4 nitrogen and oxygen atoms in total. The van der Waals surface area contributed by atoms with E-state index in [4.69, 9.17) is 0 Å². The van der Waals surface area contributed by atoms with Gasteiger partial charge in [0.25, 0.3) is 0 Å². The average Bonchev–Trinajstić information content (AvgIpc) is 2.32. The van der Waals surface area contributed by atoms with Gasteiger partial charge in [0, 0.05) is 12.4 Å². The van der Waals surface area contributed by atoms with Crippen molar-refractivity contribution in [3.05, 3.63) is 49.1 Å². The predicted octanol–water partition coefficient (Wildman–Crippen LogP) is 2.61. The van der Waals surface area contributed by atoms with E-state index in [1.807, 2.05) is 24.3 Å². The van der Waals surface area contributed by atoms with Crippen molar-refractivity contribution in [2.75, 3.05) is 0 Å². The molecule has 15 heavy (non-hydrogen) atoms. The van der Waals surface area contributed by atoms with E-state index >= 15 is 0 Å². The summed E-state index contributed by atoms with van der Waals surface area (Å²) in [5.74, 6) is 0. The number of pyridine rings is 2. The molecule has 0 bridgehead atoms.